The minimum Gasteiger partial charge on any atom is -0.436 e. The number of ether oxygens (including phenoxy) is 1. The highest BCUT2D eigenvalue weighted by Gasteiger charge is 2.32. The molecule has 6 rings (SSSR count). The molecule has 0 radical (unpaired) electrons. The molecule has 1 amide bonds. The van der Waals surface area contributed by atoms with Gasteiger partial charge in [-0.05, 0) is 36.8 Å². The smallest absolute Gasteiger partial charge is 0.436 e. The summed E-state index contributed by atoms with van der Waals surface area (Å²) in [6, 6.07) is 16.7. The van der Waals surface area contributed by atoms with Gasteiger partial charge < -0.3 is 14.1 Å². The van der Waals surface area contributed by atoms with Crippen LogP contribution in [-0.4, -0.2) is 73.4 Å². The van der Waals surface area contributed by atoms with E-state index >= 15 is 0 Å². The van der Waals surface area contributed by atoms with Gasteiger partial charge in [0, 0.05) is 44.0 Å². The molecule has 1 fully saturated rings. The third-order valence-corrected chi connectivity index (χ3v) is 6.76. The first-order chi connectivity index (χ1) is 19.7. The van der Waals surface area contributed by atoms with Crippen LogP contribution in [0.15, 0.2) is 71.3 Å². The van der Waals surface area contributed by atoms with Crippen molar-refractivity contribution in [2.45, 2.75) is 19.3 Å². The van der Waals surface area contributed by atoms with E-state index in [1.807, 2.05) is 37.3 Å². The average molecular weight is 564 g/mol. The number of aromatic nitrogens is 5. The molecule has 1 N–H and O–H groups in total. The van der Waals surface area contributed by atoms with Crippen LogP contribution in [0, 0.1) is 6.92 Å². The first-order valence-corrected chi connectivity index (χ1v) is 12.8. The monoisotopic (exact) mass is 563 g/mol. The minimum absolute atomic E-state index is 0.151. The van der Waals surface area contributed by atoms with Crippen molar-refractivity contribution in [2.75, 3.05) is 26.2 Å². The maximum absolute atomic E-state index is 13.4. The molecule has 0 spiro atoms. The summed E-state index contributed by atoms with van der Waals surface area (Å²) in [6.07, 6.45) is -3.34. The number of fused-ring (bicyclic) bond motifs is 1. The SMILES string of the molecule is Cc1nc([C@@H](c2ccccc2)N2CCN(C(=O)c3cc(-c4nc5cc(OC(F)(F)F)ccc5o4)ccn3)CC2)n[nH]1. The van der Waals surface area contributed by atoms with E-state index in [2.05, 4.69) is 34.8 Å². The lowest BCUT2D eigenvalue weighted by molar-refractivity contribution is -0.274. The highest BCUT2D eigenvalue weighted by molar-refractivity contribution is 5.93. The van der Waals surface area contributed by atoms with Gasteiger partial charge in [-0.25, -0.2) is 9.97 Å². The topological polar surface area (TPSA) is 113 Å². The number of aromatic amines is 1. The molecule has 10 nitrogen and oxygen atoms in total. The Bertz CT molecular complexity index is 1680. The van der Waals surface area contributed by atoms with Crippen molar-refractivity contribution in [2.24, 2.45) is 0 Å². The van der Waals surface area contributed by atoms with Crippen molar-refractivity contribution in [3.05, 3.63) is 89.8 Å². The van der Waals surface area contributed by atoms with E-state index in [0.717, 1.165) is 23.5 Å². The van der Waals surface area contributed by atoms with Gasteiger partial charge in [0.25, 0.3) is 5.91 Å². The number of amides is 1. The summed E-state index contributed by atoms with van der Waals surface area (Å²) >= 11 is 0. The number of aryl methyl sites for hydroxylation is 1. The summed E-state index contributed by atoms with van der Waals surface area (Å²) in [5.74, 6) is 0.918. The van der Waals surface area contributed by atoms with Crippen molar-refractivity contribution in [1.82, 2.24) is 34.9 Å². The van der Waals surface area contributed by atoms with E-state index in [1.54, 1.807) is 17.0 Å². The van der Waals surface area contributed by atoms with Gasteiger partial charge in [-0.2, -0.15) is 5.10 Å². The quantitative estimate of drug-likeness (QED) is 0.315. The highest BCUT2D eigenvalue weighted by atomic mass is 19.4. The van der Waals surface area contributed by atoms with E-state index in [0.29, 0.717) is 37.6 Å². The molecule has 4 heterocycles. The molecule has 1 aliphatic rings. The fourth-order valence-corrected chi connectivity index (χ4v) is 4.89. The standard InChI is InChI=1S/C28H24F3N7O3/c1-17-33-25(36-35-17)24(18-5-3-2-4-6-18)37-11-13-38(14-12-37)27(39)22-15-19(9-10-32-22)26-34-21-16-20(41-28(29,30)31)7-8-23(21)40-26/h2-10,15-16,24H,11-14H2,1H3,(H,33,35,36)/t24-/m1/s1. The number of H-pyrrole nitrogens is 1. The summed E-state index contributed by atoms with van der Waals surface area (Å²) in [4.78, 5) is 30.5. The first kappa shape index (κ1) is 26.4. The molecule has 41 heavy (non-hydrogen) atoms. The minimum atomic E-state index is -4.82. The lowest BCUT2D eigenvalue weighted by Gasteiger charge is -2.38. The normalized spacial score (nSPS) is 15.3. The molecule has 0 aliphatic carbocycles. The Labute approximate surface area is 231 Å². The van der Waals surface area contributed by atoms with E-state index in [9.17, 15) is 18.0 Å². The van der Waals surface area contributed by atoms with Crippen LogP contribution >= 0.6 is 0 Å². The summed E-state index contributed by atoms with van der Waals surface area (Å²) in [6.45, 7) is 4.01. The van der Waals surface area contributed by atoms with Gasteiger partial charge in [0.05, 0.1) is 6.04 Å². The molecule has 2 aromatic carbocycles. The molecule has 1 saturated heterocycles. The van der Waals surface area contributed by atoms with E-state index in [-0.39, 0.29) is 34.6 Å². The number of halogens is 3. The molecular formula is C28H24F3N7O3. The second-order valence-electron chi connectivity index (χ2n) is 9.55. The molecule has 0 bridgehead atoms. The summed E-state index contributed by atoms with van der Waals surface area (Å²) in [7, 11) is 0. The predicted molar refractivity (Wildman–Crippen MR) is 141 cm³/mol. The zero-order valence-corrected chi connectivity index (χ0v) is 21.8. The maximum Gasteiger partial charge on any atom is 0.573 e. The number of carbonyl (C=O) groups excluding carboxylic acids is 1. The van der Waals surface area contributed by atoms with Crippen molar-refractivity contribution in [3.8, 4) is 17.2 Å². The second kappa shape index (κ2) is 10.7. The van der Waals surface area contributed by atoms with Crippen molar-refractivity contribution in [1.29, 1.82) is 0 Å². The van der Waals surface area contributed by atoms with Gasteiger partial charge in [-0.15, -0.1) is 13.2 Å². The molecule has 1 atom stereocenters. The Kier molecular flexibility index (Phi) is 6.87. The third kappa shape index (κ3) is 5.75. The van der Waals surface area contributed by atoms with Gasteiger partial charge in [0.1, 0.15) is 22.8 Å². The predicted octanol–water partition coefficient (Wildman–Crippen LogP) is 4.76. The van der Waals surface area contributed by atoms with Gasteiger partial charge >= 0.3 is 6.36 Å². The zero-order valence-electron chi connectivity index (χ0n) is 21.8. The van der Waals surface area contributed by atoms with Crippen LogP contribution in [0.1, 0.15) is 33.7 Å². The molecule has 1 aliphatic heterocycles. The van der Waals surface area contributed by atoms with Crippen LogP contribution in [0.3, 0.4) is 0 Å². The van der Waals surface area contributed by atoms with Gasteiger partial charge in [0.15, 0.2) is 11.4 Å². The number of oxazole rings is 1. The van der Waals surface area contributed by atoms with Gasteiger partial charge in [-0.3, -0.25) is 19.8 Å². The van der Waals surface area contributed by atoms with Crippen LogP contribution in [0.2, 0.25) is 0 Å². The number of nitrogens with zero attached hydrogens (tertiary/aromatic N) is 6. The molecule has 0 unspecified atom stereocenters. The number of carbonyl (C=O) groups is 1. The van der Waals surface area contributed by atoms with Crippen LogP contribution in [-0.2, 0) is 0 Å². The molecule has 3 aromatic heterocycles. The number of hydrogen-bond donors (Lipinski definition) is 1. The maximum atomic E-state index is 13.4. The number of alkyl halides is 3. The highest BCUT2D eigenvalue weighted by Crippen LogP contribution is 2.31. The van der Waals surface area contributed by atoms with E-state index < -0.39 is 12.1 Å². The number of pyridine rings is 1. The van der Waals surface area contributed by atoms with Crippen LogP contribution in [0.4, 0.5) is 13.2 Å². The summed E-state index contributed by atoms with van der Waals surface area (Å²) < 4.78 is 47.4. The summed E-state index contributed by atoms with van der Waals surface area (Å²) in [5, 5.41) is 7.32. The number of benzene rings is 2. The van der Waals surface area contributed by atoms with E-state index in [4.69, 9.17) is 4.42 Å². The number of hydrogen-bond acceptors (Lipinski definition) is 8. The lowest BCUT2D eigenvalue weighted by Crippen LogP contribution is -2.50. The van der Waals surface area contributed by atoms with Crippen molar-refractivity contribution >= 4 is 17.0 Å². The molecule has 13 heteroatoms. The van der Waals surface area contributed by atoms with Gasteiger partial charge in [0.2, 0.25) is 5.89 Å². The fraction of sp³-hybridized carbons (Fsp3) is 0.250. The molecule has 210 valence electrons. The fourth-order valence-electron chi connectivity index (χ4n) is 4.89. The largest absolute Gasteiger partial charge is 0.573 e. The Morgan fingerprint density at radius 3 is 2.51 bits per heavy atom. The van der Waals surface area contributed by atoms with Crippen LogP contribution < -0.4 is 4.74 Å². The van der Waals surface area contributed by atoms with Crippen molar-refractivity contribution in [3.63, 3.8) is 0 Å². The third-order valence-electron chi connectivity index (χ3n) is 6.76. The van der Waals surface area contributed by atoms with E-state index in [1.165, 1.54) is 12.3 Å². The van der Waals surface area contributed by atoms with Crippen molar-refractivity contribution < 1.29 is 27.1 Å². The second-order valence-corrected chi connectivity index (χ2v) is 9.55. The number of nitrogens with one attached hydrogen (secondary N) is 1. The first-order valence-electron chi connectivity index (χ1n) is 12.8. The van der Waals surface area contributed by atoms with Gasteiger partial charge in [-0.1, -0.05) is 30.3 Å². The summed E-state index contributed by atoms with van der Waals surface area (Å²) in [5.41, 5.74) is 2.22. The molecule has 0 saturated carbocycles. The Morgan fingerprint density at radius 1 is 1.02 bits per heavy atom. The number of piperazine rings is 1. The Hall–Kier alpha value is -4.78. The average Bonchev–Trinajstić information content (AvgIpc) is 3.59. The Balaban J connectivity index is 1.17. The Morgan fingerprint density at radius 2 is 1.80 bits per heavy atom. The lowest BCUT2D eigenvalue weighted by atomic mass is 10.0. The number of rotatable bonds is 6. The zero-order chi connectivity index (χ0) is 28.6. The molecular weight excluding hydrogens is 539 g/mol. The van der Waals surface area contributed by atoms with Crippen LogP contribution in [0.25, 0.3) is 22.6 Å². The molecule has 5 aromatic rings. The van der Waals surface area contributed by atoms with Crippen LogP contribution in [0.5, 0.6) is 5.75 Å².